The smallest absolute Gasteiger partial charge is 0.192 e. The first kappa shape index (κ1) is 21.3. The summed E-state index contributed by atoms with van der Waals surface area (Å²) in [6.45, 7) is 6.63. The number of ketones is 1. The third-order valence-corrected chi connectivity index (χ3v) is 7.88. The molecule has 0 amide bonds. The fourth-order valence-corrected chi connectivity index (χ4v) is 5.77. The Morgan fingerprint density at radius 3 is 2.81 bits per heavy atom. The molecule has 1 aliphatic rings. The minimum atomic E-state index is -0.246. The molecule has 0 unspecified atom stereocenters. The summed E-state index contributed by atoms with van der Waals surface area (Å²) in [5, 5.41) is 11.7. The Morgan fingerprint density at radius 2 is 2.12 bits per heavy atom. The number of aryl methyl sites for hydroxylation is 1. The van der Waals surface area contributed by atoms with Gasteiger partial charge in [0.15, 0.2) is 10.9 Å². The Balaban J connectivity index is 1.35. The quantitative estimate of drug-likeness (QED) is 0.234. The molecule has 1 atom stereocenters. The van der Waals surface area contributed by atoms with Crippen molar-refractivity contribution in [2.24, 2.45) is 0 Å². The lowest BCUT2D eigenvalue weighted by molar-refractivity contribution is 0.0993. The van der Waals surface area contributed by atoms with Crippen LogP contribution in [0.25, 0.3) is 0 Å². The number of hydrogen-bond donors (Lipinski definition) is 0. The highest BCUT2D eigenvalue weighted by Crippen LogP contribution is 2.40. The molecule has 8 heteroatoms. The van der Waals surface area contributed by atoms with Gasteiger partial charge in [-0.25, -0.2) is 0 Å². The van der Waals surface area contributed by atoms with Crippen LogP contribution in [0.1, 0.15) is 64.0 Å². The lowest BCUT2D eigenvalue weighted by Crippen LogP contribution is -2.16. The van der Waals surface area contributed by atoms with E-state index in [1.807, 2.05) is 39.0 Å². The summed E-state index contributed by atoms with van der Waals surface area (Å²) >= 11 is 3.26. The molecule has 6 nitrogen and oxygen atoms in total. The molecule has 5 rings (SSSR count). The van der Waals surface area contributed by atoms with Crippen molar-refractivity contribution < 1.29 is 9.21 Å². The fraction of sp³-hybridized carbons (Fsp3) is 0.375. The van der Waals surface area contributed by atoms with Crippen LogP contribution in [-0.2, 0) is 13.0 Å². The summed E-state index contributed by atoms with van der Waals surface area (Å²) in [6.07, 6.45) is 4.77. The van der Waals surface area contributed by atoms with Crippen LogP contribution in [0.3, 0.4) is 0 Å². The van der Waals surface area contributed by atoms with Crippen LogP contribution < -0.4 is 0 Å². The average Bonchev–Trinajstić information content (AvgIpc) is 3.17. The van der Waals surface area contributed by atoms with E-state index < -0.39 is 0 Å². The number of aromatic nitrogens is 4. The van der Waals surface area contributed by atoms with E-state index in [1.165, 1.54) is 16.6 Å². The fourth-order valence-electron chi connectivity index (χ4n) is 4.06. The van der Waals surface area contributed by atoms with Gasteiger partial charge in [0.1, 0.15) is 11.6 Å². The molecule has 0 bridgehead atoms. The van der Waals surface area contributed by atoms with Gasteiger partial charge in [-0.15, -0.1) is 21.5 Å². The molecule has 4 aromatic rings. The number of carbonyl (C=O) groups is 1. The van der Waals surface area contributed by atoms with Crippen LogP contribution in [-0.4, -0.2) is 30.4 Å². The SMILES string of the molecule is Cc1cc(C(=O)[C@H](C)Sc2nnc(Cc3cccs3)n2C2CC2)c(C)n1Cc1ccco1. The van der Waals surface area contributed by atoms with Crippen molar-refractivity contribution >= 4 is 28.9 Å². The van der Waals surface area contributed by atoms with Gasteiger partial charge in [-0.05, 0) is 63.3 Å². The van der Waals surface area contributed by atoms with E-state index in [1.54, 1.807) is 17.6 Å². The Hall–Kier alpha value is -2.58. The number of Topliss-reactive ketones (excluding diaryl/α,β-unsaturated/α-hetero) is 1. The van der Waals surface area contributed by atoms with Gasteiger partial charge in [0, 0.05) is 34.3 Å². The second-order valence-corrected chi connectivity index (χ2v) is 10.7. The highest BCUT2D eigenvalue weighted by Gasteiger charge is 2.32. The molecule has 0 aromatic carbocycles. The summed E-state index contributed by atoms with van der Waals surface area (Å²) in [7, 11) is 0. The molecular weight excluding hydrogens is 440 g/mol. The van der Waals surface area contributed by atoms with Gasteiger partial charge in [-0.1, -0.05) is 17.8 Å². The summed E-state index contributed by atoms with van der Waals surface area (Å²) in [5.41, 5.74) is 2.79. The zero-order valence-corrected chi connectivity index (χ0v) is 20.1. The summed E-state index contributed by atoms with van der Waals surface area (Å²) < 4.78 is 9.89. The average molecular weight is 467 g/mol. The van der Waals surface area contributed by atoms with Crippen LogP contribution in [0.4, 0.5) is 0 Å². The summed E-state index contributed by atoms with van der Waals surface area (Å²) in [4.78, 5) is 14.7. The normalized spacial score (nSPS) is 14.7. The largest absolute Gasteiger partial charge is 0.467 e. The highest BCUT2D eigenvalue weighted by molar-refractivity contribution is 8.00. The number of furan rings is 1. The van der Waals surface area contributed by atoms with Gasteiger partial charge in [0.05, 0.1) is 18.1 Å². The molecule has 166 valence electrons. The van der Waals surface area contributed by atoms with Gasteiger partial charge < -0.3 is 13.6 Å². The van der Waals surface area contributed by atoms with Crippen LogP contribution >= 0.6 is 23.1 Å². The molecule has 1 fully saturated rings. The minimum absolute atomic E-state index is 0.124. The number of thioether (sulfide) groups is 1. The lowest BCUT2D eigenvalue weighted by Gasteiger charge is -2.13. The maximum atomic E-state index is 13.4. The first-order valence-electron chi connectivity index (χ1n) is 10.9. The summed E-state index contributed by atoms with van der Waals surface area (Å²) in [5.74, 6) is 2.00. The standard InChI is InChI=1S/C24H26N4O2S2/c1-15-12-21(16(2)27(15)14-19-6-4-10-30-19)23(29)17(3)32-24-26-25-22(28(24)18-8-9-18)13-20-7-5-11-31-20/h4-7,10-12,17-18H,8-9,13-14H2,1-3H3/t17-/m0/s1. The van der Waals surface area contributed by atoms with Crippen molar-refractivity contribution in [2.75, 3.05) is 0 Å². The van der Waals surface area contributed by atoms with E-state index in [9.17, 15) is 4.79 Å². The number of nitrogens with zero attached hydrogens (tertiary/aromatic N) is 4. The van der Waals surface area contributed by atoms with Crippen molar-refractivity contribution in [3.8, 4) is 0 Å². The predicted octanol–water partition coefficient (Wildman–Crippen LogP) is 5.69. The topological polar surface area (TPSA) is 65.8 Å². The number of carbonyl (C=O) groups excluding carboxylic acids is 1. The second kappa shape index (κ2) is 8.75. The van der Waals surface area contributed by atoms with E-state index in [0.29, 0.717) is 12.6 Å². The third-order valence-electron chi connectivity index (χ3n) is 5.94. The minimum Gasteiger partial charge on any atom is -0.467 e. The maximum Gasteiger partial charge on any atom is 0.192 e. The van der Waals surface area contributed by atoms with Crippen LogP contribution in [0.15, 0.2) is 51.5 Å². The van der Waals surface area contributed by atoms with Gasteiger partial charge in [-0.3, -0.25) is 4.79 Å². The molecular formula is C24H26N4O2S2. The maximum absolute atomic E-state index is 13.4. The molecule has 1 saturated carbocycles. The van der Waals surface area contributed by atoms with E-state index in [4.69, 9.17) is 4.42 Å². The molecule has 32 heavy (non-hydrogen) atoms. The Bertz CT molecular complexity index is 1220. The van der Waals surface area contributed by atoms with Gasteiger partial charge in [0.25, 0.3) is 0 Å². The molecule has 0 saturated heterocycles. The second-order valence-electron chi connectivity index (χ2n) is 8.33. The molecule has 0 radical (unpaired) electrons. The third kappa shape index (κ3) is 4.21. The highest BCUT2D eigenvalue weighted by atomic mass is 32.2. The van der Waals surface area contributed by atoms with Crippen LogP contribution in [0.2, 0.25) is 0 Å². The molecule has 0 aliphatic heterocycles. The van der Waals surface area contributed by atoms with Crippen molar-refractivity contribution in [2.45, 2.75) is 63.0 Å². The van der Waals surface area contributed by atoms with Crippen molar-refractivity contribution in [3.05, 3.63) is 75.4 Å². The van der Waals surface area contributed by atoms with E-state index in [0.717, 1.165) is 53.0 Å². The first-order valence-corrected chi connectivity index (χ1v) is 12.6. The van der Waals surface area contributed by atoms with E-state index in [-0.39, 0.29) is 11.0 Å². The van der Waals surface area contributed by atoms with Crippen LogP contribution in [0.5, 0.6) is 0 Å². The number of hydrogen-bond acceptors (Lipinski definition) is 6. The van der Waals surface area contributed by atoms with Crippen LogP contribution in [0, 0.1) is 13.8 Å². The Labute approximate surface area is 195 Å². The number of rotatable bonds is 9. The monoisotopic (exact) mass is 466 g/mol. The predicted molar refractivity (Wildman–Crippen MR) is 127 cm³/mol. The molecule has 0 N–H and O–H groups in total. The first-order chi connectivity index (χ1) is 15.5. The molecule has 4 aromatic heterocycles. The van der Waals surface area contributed by atoms with Crippen molar-refractivity contribution in [1.82, 2.24) is 19.3 Å². The zero-order valence-electron chi connectivity index (χ0n) is 18.4. The zero-order chi connectivity index (χ0) is 22.2. The van der Waals surface area contributed by atoms with Crippen molar-refractivity contribution in [1.29, 1.82) is 0 Å². The Morgan fingerprint density at radius 1 is 1.28 bits per heavy atom. The van der Waals surface area contributed by atoms with Crippen molar-refractivity contribution in [3.63, 3.8) is 0 Å². The lowest BCUT2D eigenvalue weighted by atomic mass is 10.1. The molecule has 4 heterocycles. The van der Waals surface area contributed by atoms with E-state index in [2.05, 4.69) is 36.8 Å². The number of thiophene rings is 1. The Kier molecular flexibility index (Phi) is 5.82. The van der Waals surface area contributed by atoms with E-state index >= 15 is 0 Å². The van der Waals surface area contributed by atoms with Gasteiger partial charge in [-0.2, -0.15) is 0 Å². The summed E-state index contributed by atoms with van der Waals surface area (Å²) in [6, 6.07) is 10.5. The molecule has 0 spiro atoms. The van der Waals surface area contributed by atoms with Gasteiger partial charge in [0.2, 0.25) is 0 Å². The van der Waals surface area contributed by atoms with Gasteiger partial charge >= 0.3 is 0 Å². The molecule has 1 aliphatic carbocycles.